The molecule has 1 aromatic rings. The molecule has 3 atom stereocenters. The van der Waals surface area contributed by atoms with Crippen molar-refractivity contribution < 1.29 is 14.7 Å². The summed E-state index contributed by atoms with van der Waals surface area (Å²) in [7, 11) is 0. The van der Waals surface area contributed by atoms with Crippen molar-refractivity contribution in [2.75, 3.05) is 6.54 Å². The third kappa shape index (κ3) is 3.07. The van der Waals surface area contributed by atoms with Crippen LogP contribution >= 0.6 is 0 Å². The Labute approximate surface area is 119 Å². The Hall–Kier alpha value is -1.68. The van der Waals surface area contributed by atoms with E-state index >= 15 is 0 Å². The van der Waals surface area contributed by atoms with Crippen molar-refractivity contribution >= 4 is 11.8 Å². The number of nitrogens with zero attached hydrogens (tertiary/aromatic N) is 1. The minimum Gasteiger partial charge on any atom is -0.391 e. The van der Waals surface area contributed by atoms with Gasteiger partial charge in [0.05, 0.1) is 12.6 Å². The highest BCUT2D eigenvalue weighted by Crippen LogP contribution is 2.25. The van der Waals surface area contributed by atoms with Crippen LogP contribution in [0.15, 0.2) is 30.3 Å². The van der Waals surface area contributed by atoms with E-state index in [0.29, 0.717) is 6.42 Å². The van der Waals surface area contributed by atoms with Crippen LogP contribution in [0.2, 0.25) is 0 Å². The van der Waals surface area contributed by atoms with E-state index in [1.54, 1.807) is 13.8 Å². The van der Waals surface area contributed by atoms with Crippen molar-refractivity contribution in [2.24, 2.45) is 11.8 Å². The summed E-state index contributed by atoms with van der Waals surface area (Å²) < 4.78 is 0. The standard InChI is InChI=1S/C16H21NO3/c1-11-12(2)16(20)17(15(11)19)10-14(18)9-8-13-6-4-3-5-7-13/h3-7,11-12,14,18H,8-10H2,1-2H3/t11-,12+,14-/m1/s1. The van der Waals surface area contributed by atoms with Crippen molar-refractivity contribution in [3.8, 4) is 0 Å². The van der Waals surface area contributed by atoms with Crippen molar-refractivity contribution in [3.05, 3.63) is 35.9 Å². The molecule has 2 rings (SSSR count). The largest absolute Gasteiger partial charge is 0.391 e. The molecule has 1 aliphatic rings. The first kappa shape index (κ1) is 14.7. The summed E-state index contributed by atoms with van der Waals surface area (Å²) in [4.78, 5) is 25.1. The van der Waals surface area contributed by atoms with Gasteiger partial charge in [-0.3, -0.25) is 14.5 Å². The Balaban J connectivity index is 1.87. The van der Waals surface area contributed by atoms with Gasteiger partial charge in [0.1, 0.15) is 0 Å². The van der Waals surface area contributed by atoms with Gasteiger partial charge in [0, 0.05) is 11.8 Å². The maximum atomic E-state index is 11.9. The topological polar surface area (TPSA) is 57.6 Å². The Morgan fingerprint density at radius 2 is 1.65 bits per heavy atom. The molecule has 1 aliphatic heterocycles. The minimum atomic E-state index is -0.666. The number of likely N-dealkylation sites (tertiary alicyclic amines) is 1. The average Bonchev–Trinajstić information content (AvgIpc) is 2.64. The second kappa shape index (κ2) is 6.18. The third-order valence-electron chi connectivity index (χ3n) is 4.06. The molecule has 1 heterocycles. The number of rotatable bonds is 5. The number of carbonyl (C=O) groups excluding carboxylic acids is 2. The maximum absolute atomic E-state index is 11.9. The predicted molar refractivity (Wildman–Crippen MR) is 75.8 cm³/mol. The Morgan fingerprint density at radius 1 is 1.10 bits per heavy atom. The van der Waals surface area contributed by atoms with Crippen LogP contribution in [0.5, 0.6) is 0 Å². The number of aliphatic hydroxyl groups excluding tert-OH is 1. The molecule has 0 radical (unpaired) electrons. The number of hydrogen-bond donors (Lipinski definition) is 1. The van der Waals surface area contributed by atoms with E-state index in [1.165, 1.54) is 4.90 Å². The van der Waals surface area contributed by atoms with Crippen LogP contribution in [0.3, 0.4) is 0 Å². The molecule has 1 aromatic carbocycles. The Bertz CT molecular complexity index is 466. The van der Waals surface area contributed by atoms with Crippen LogP contribution in [-0.4, -0.2) is 34.5 Å². The third-order valence-corrected chi connectivity index (χ3v) is 4.06. The molecule has 0 unspecified atom stereocenters. The molecule has 108 valence electrons. The molecule has 0 aromatic heterocycles. The zero-order valence-corrected chi connectivity index (χ0v) is 12.0. The van der Waals surface area contributed by atoms with Crippen LogP contribution in [0, 0.1) is 11.8 Å². The number of hydrogen-bond acceptors (Lipinski definition) is 3. The smallest absolute Gasteiger partial charge is 0.232 e. The van der Waals surface area contributed by atoms with E-state index in [-0.39, 0.29) is 30.2 Å². The SMILES string of the molecule is C[C@@H]1C(=O)N(C[C@H](O)CCc2ccccc2)C(=O)[C@@H]1C. The van der Waals surface area contributed by atoms with Crippen molar-refractivity contribution in [1.29, 1.82) is 0 Å². The van der Waals surface area contributed by atoms with Gasteiger partial charge in [-0.25, -0.2) is 0 Å². The quantitative estimate of drug-likeness (QED) is 0.831. The van der Waals surface area contributed by atoms with Gasteiger partial charge in [-0.1, -0.05) is 44.2 Å². The summed E-state index contributed by atoms with van der Waals surface area (Å²) in [6.45, 7) is 3.64. The first-order valence-electron chi connectivity index (χ1n) is 7.08. The van der Waals surface area contributed by atoms with Crippen LogP contribution in [0.4, 0.5) is 0 Å². The molecule has 4 nitrogen and oxygen atoms in total. The number of aliphatic hydroxyl groups is 1. The molecule has 0 spiro atoms. The molecule has 1 fully saturated rings. The predicted octanol–water partition coefficient (Wildman–Crippen LogP) is 1.62. The van der Waals surface area contributed by atoms with Gasteiger partial charge in [0.2, 0.25) is 11.8 Å². The van der Waals surface area contributed by atoms with Crippen LogP contribution in [-0.2, 0) is 16.0 Å². The molecule has 4 heteroatoms. The number of imide groups is 1. The van der Waals surface area contributed by atoms with Crippen LogP contribution in [0.25, 0.3) is 0 Å². The van der Waals surface area contributed by atoms with E-state index in [1.807, 2.05) is 30.3 Å². The number of carbonyl (C=O) groups is 2. The molecule has 1 saturated heterocycles. The lowest BCUT2D eigenvalue weighted by Crippen LogP contribution is -2.37. The highest BCUT2D eigenvalue weighted by molar-refractivity contribution is 6.04. The molecule has 2 amide bonds. The first-order chi connectivity index (χ1) is 9.50. The Kier molecular flexibility index (Phi) is 4.55. The van der Waals surface area contributed by atoms with Crippen molar-refractivity contribution in [3.63, 3.8) is 0 Å². The van der Waals surface area contributed by atoms with E-state index in [2.05, 4.69) is 0 Å². The minimum absolute atomic E-state index is 0.110. The van der Waals surface area contributed by atoms with Crippen molar-refractivity contribution in [1.82, 2.24) is 4.90 Å². The lowest BCUT2D eigenvalue weighted by atomic mass is 10.00. The lowest BCUT2D eigenvalue weighted by molar-refractivity contribution is -0.141. The molecular formula is C16H21NO3. The number of benzene rings is 1. The zero-order chi connectivity index (χ0) is 14.7. The molecule has 20 heavy (non-hydrogen) atoms. The average molecular weight is 275 g/mol. The van der Waals surface area contributed by atoms with E-state index < -0.39 is 6.10 Å². The van der Waals surface area contributed by atoms with Gasteiger partial charge in [-0.05, 0) is 18.4 Å². The van der Waals surface area contributed by atoms with Gasteiger partial charge >= 0.3 is 0 Å². The Morgan fingerprint density at radius 3 is 2.20 bits per heavy atom. The number of amides is 2. The molecular weight excluding hydrogens is 254 g/mol. The lowest BCUT2D eigenvalue weighted by Gasteiger charge is -2.19. The normalized spacial score (nSPS) is 24.2. The van der Waals surface area contributed by atoms with Crippen LogP contribution in [0.1, 0.15) is 25.8 Å². The fraction of sp³-hybridized carbons (Fsp3) is 0.500. The van der Waals surface area contributed by atoms with E-state index in [0.717, 1.165) is 12.0 Å². The van der Waals surface area contributed by atoms with Gasteiger partial charge in [-0.2, -0.15) is 0 Å². The number of β-amino-alcohol motifs (C(OH)–C–C–N with tert-alkyl or cyclic N) is 1. The van der Waals surface area contributed by atoms with Gasteiger partial charge < -0.3 is 5.11 Å². The van der Waals surface area contributed by atoms with E-state index in [4.69, 9.17) is 0 Å². The highest BCUT2D eigenvalue weighted by Gasteiger charge is 2.42. The fourth-order valence-electron chi connectivity index (χ4n) is 2.49. The highest BCUT2D eigenvalue weighted by atomic mass is 16.3. The van der Waals surface area contributed by atoms with Crippen LogP contribution < -0.4 is 0 Å². The van der Waals surface area contributed by atoms with Gasteiger partial charge in [0.25, 0.3) is 0 Å². The second-order valence-electron chi connectivity index (χ2n) is 5.54. The van der Waals surface area contributed by atoms with Crippen molar-refractivity contribution in [2.45, 2.75) is 32.8 Å². The van der Waals surface area contributed by atoms with E-state index in [9.17, 15) is 14.7 Å². The molecule has 0 saturated carbocycles. The monoisotopic (exact) mass is 275 g/mol. The molecule has 0 bridgehead atoms. The second-order valence-corrected chi connectivity index (χ2v) is 5.54. The summed E-state index contributed by atoms with van der Waals surface area (Å²) >= 11 is 0. The summed E-state index contributed by atoms with van der Waals surface area (Å²) in [5.41, 5.74) is 1.15. The summed E-state index contributed by atoms with van der Waals surface area (Å²) in [6.07, 6.45) is 0.619. The van der Waals surface area contributed by atoms with Gasteiger partial charge in [0.15, 0.2) is 0 Å². The summed E-state index contributed by atoms with van der Waals surface area (Å²) in [5.74, 6) is -0.879. The molecule has 1 N–H and O–H groups in total. The van der Waals surface area contributed by atoms with Gasteiger partial charge in [-0.15, -0.1) is 0 Å². The molecule has 0 aliphatic carbocycles. The first-order valence-corrected chi connectivity index (χ1v) is 7.08. The summed E-state index contributed by atoms with van der Waals surface area (Å²) in [5, 5.41) is 10.0. The summed E-state index contributed by atoms with van der Waals surface area (Å²) in [6, 6.07) is 9.87. The fourth-order valence-corrected chi connectivity index (χ4v) is 2.49. The maximum Gasteiger partial charge on any atom is 0.232 e. The zero-order valence-electron chi connectivity index (χ0n) is 12.0. The number of aryl methyl sites for hydroxylation is 1.